The average Bonchev–Trinajstić information content (AvgIpc) is 3.37. The largest absolute Gasteiger partial charge is 0.462 e. The maximum atomic E-state index is 12.4. The fourth-order valence-electron chi connectivity index (χ4n) is 4.49. The molecule has 2 aromatic carbocycles. The van der Waals surface area contributed by atoms with Crippen LogP contribution in [0.15, 0.2) is 60.7 Å². The van der Waals surface area contributed by atoms with Gasteiger partial charge in [0.05, 0.1) is 12.8 Å². The third-order valence-corrected chi connectivity index (χ3v) is 6.06. The monoisotopic (exact) mass is 430 g/mol. The number of aromatic amines is 2. The van der Waals surface area contributed by atoms with Crippen molar-refractivity contribution >= 4 is 33.7 Å². The first-order valence-corrected chi connectivity index (χ1v) is 11.1. The molecule has 32 heavy (non-hydrogen) atoms. The van der Waals surface area contributed by atoms with E-state index in [0.717, 1.165) is 33.2 Å². The molecular formula is C26H26N2O4. The van der Waals surface area contributed by atoms with E-state index in [-0.39, 0.29) is 37.0 Å². The molecule has 2 aromatic heterocycles. The van der Waals surface area contributed by atoms with E-state index in [9.17, 15) is 9.59 Å². The summed E-state index contributed by atoms with van der Waals surface area (Å²) in [4.78, 5) is 31.2. The van der Waals surface area contributed by atoms with Crippen molar-refractivity contribution in [2.45, 2.75) is 50.7 Å². The summed E-state index contributed by atoms with van der Waals surface area (Å²) in [6.07, 6.45) is 3.07. The average molecular weight is 431 g/mol. The first-order valence-electron chi connectivity index (χ1n) is 11.1. The zero-order chi connectivity index (χ0) is 21.9. The van der Waals surface area contributed by atoms with E-state index in [2.05, 4.69) is 9.97 Å². The fourth-order valence-corrected chi connectivity index (χ4v) is 4.49. The molecule has 6 heteroatoms. The van der Waals surface area contributed by atoms with E-state index < -0.39 is 0 Å². The van der Waals surface area contributed by atoms with Crippen LogP contribution in [-0.2, 0) is 31.9 Å². The number of aromatic nitrogens is 2. The highest BCUT2D eigenvalue weighted by Gasteiger charge is 2.26. The number of carbonyl (C=O) groups is 2. The molecule has 1 aliphatic rings. The van der Waals surface area contributed by atoms with Crippen molar-refractivity contribution in [1.82, 2.24) is 9.97 Å². The number of fused-ring (bicyclic) bond motifs is 2. The molecule has 1 fully saturated rings. The van der Waals surface area contributed by atoms with Crippen LogP contribution in [-0.4, -0.2) is 34.1 Å². The predicted octanol–water partition coefficient (Wildman–Crippen LogP) is 4.83. The van der Waals surface area contributed by atoms with Crippen LogP contribution in [0.1, 0.15) is 37.1 Å². The van der Waals surface area contributed by atoms with Crippen molar-refractivity contribution in [2.24, 2.45) is 0 Å². The van der Waals surface area contributed by atoms with Crippen molar-refractivity contribution in [1.29, 1.82) is 0 Å². The molecule has 0 bridgehead atoms. The molecule has 1 aliphatic carbocycles. The Labute approximate surface area is 185 Å². The molecular weight excluding hydrogens is 404 g/mol. The van der Waals surface area contributed by atoms with Crippen molar-refractivity contribution in [2.75, 3.05) is 0 Å². The molecule has 4 aromatic rings. The second-order valence-electron chi connectivity index (χ2n) is 8.50. The van der Waals surface area contributed by atoms with Crippen LogP contribution >= 0.6 is 0 Å². The molecule has 5 rings (SSSR count). The summed E-state index contributed by atoms with van der Waals surface area (Å²) in [7, 11) is 0. The molecule has 6 nitrogen and oxygen atoms in total. The minimum absolute atomic E-state index is 0.115. The lowest BCUT2D eigenvalue weighted by molar-refractivity contribution is -0.157. The van der Waals surface area contributed by atoms with Gasteiger partial charge in [-0.3, -0.25) is 9.59 Å². The fraction of sp³-hybridized carbons (Fsp3) is 0.308. The van der Waals surface area contributed by atoms with E-state index in [4.69, 9.17) is 9.47 Å². The van der Waals surface area contributed by atoms with Gasteiger partial charge in [0.2, 0.25) is 0 Å². The Balaban J connectivity index is 1.07. The van der Waals surface area contributed by atoms with Gasteiger partial charge in [0.25, 0.3) is 0 Å². The number of hydrogen-bond acceptors (Lipinski definition) is 4. The minimum Gasteiger partial charge on any atom is -0.462 e. The lowest BCUT2D eigenvalue weighted by atomic mass is 9.95. The number of H-pyrrole nitrogens is 2. The van der Waals surface area contributed by atoms with Crippen molar-refractivity contribution in [3.05, 3.63) is 72.1 Å². The van der Waals surface area contributed by atoms with E-state index in [1.54, 1.807) is 0 Å². The highest BCUT2D eigenvalue weighted by atomic mass is 16.6. The number of benzene rings is 2. The topological polar surface area (TPSA) is 84.2 Å². The summed E-state index contributed by atoms with van der Waals surface area (Å²) in [5.41, 5.74) is 3.75. The van der Waals surface area contributed by atoms with Crippen molar-refractivity contribution in [3.63, 3.8) is 0 Å². The Bertz CT molecular complexity index is 1080. The molecule has 0 amide bonds. The van der Waals surface area contributed by atoms with Crippen LogP contribution in [0.2, 0.25) is 0 Å². The van der Waals surface area contributed by atoms with Crippen LogP contribution in [0, 0.1) is 0 Å². The van der Waals surface area contributed by atoms with Gasteiger partial charge in [0.1, 0.15) is 12.2 Å². The molecule has 0 unspecified atom stereocenters. The zero-order valence-electron chi connectivity index (χ0n) is 17.8. The van der Waals surface area contributed by atoms with Gasteiger partial charge >= 0.3 is 11.9 Å². The van der Waals surface area contributed by atoms with Gasteiger partial charge in [0.15, 0.2) is 0 Å². The number of carbonyl (C=O) groups excluding carboxylic acids is 2. The second kappa shape index (κ2) is 8.91. The Morgan fingerprint density at radius 2 is 1.09 bits per heavy atom. The zero-order valence-corrected chi connectivity index (χ0v) is 17.8. The van der Waals surface area contributed by atoms with Crippen LogP contribution in [0.3, 0.4) is 0 Å². The van der Waals surface area contributed by atoms with Crippen molar-refractivity contribution in [3.8, 4) is 0 Å². The number of ether oxygens (including phenoxy) is 2. The summed E-state index contributed by atoms with van der Waals surface area (Å²) >= 11 is 0. The Morgan fingerprint density at radius 1 is 0.688 bits per heavy atom. The van der Waals surface area contributed by atoms with Gasteiger partial charge in [-0.05, 0) is 60.7 Å². The molecule has 0 radical (unpaired) electrons. The SMILES string of the molecule is O=C(Cc1cc2ccccc2[nH]1)OC1CCC(OC(=O)Cc2cc3ccccc3[nH]2)CC1. The Hall–Kier alpha value is -3.54. The number of nitrogens with one attached hydrogen (secondary N) is 2. The maximum absolute atomic E-state index is 12.4. The molecule has 164 valence electrons. The van der Waals surface area contributed by atoms with Gasteiger partial charge in [-0.25, -0.2) is 0 Å². The number of esters is 2. The third-order valence-electron chi connectivity index (χ3n) is 6.06. The Morgan fingerprint density at radius 3 is 1.50 bits per heavy atom. The third kappa shape index (κ3) is 4.69. The summed E-state index contributed by atoms with van der Waals surface area (Å²) in [6, 6.07) is 19.9. The van der Waals surface area contributed by atoms with Gasteiger partial charge < -0.3 is 19.4 Å². The van der Waals surface area contributed by atoms with Crippen LogP contribution in [0.25, 0.3) is 21.8 Å². The molecule has 0 aliphatic heterocycles. The number of hydrogen-bond donors (Lipinski definition) is 2. The van der Waals surface area contributed by atoms with Crippen LogP contribution in [0.4, 0.5) is 0 Å². The molecule has 0 spiro atoms. The van der Waals surface area contributed by atoms with Crippen LogP contribution < -0.4 is 0 Å². The van der Waals surface area contributed by atoms with Crippen molar-refractivity contribution < 1.29 is 19.1 Å². The van der Waals surface area contributed by atoms with Gasteiger partial charge in [-0.1, -0.05) is 36.4 Å². The van der Waals surface area contributed by atoms with Gasteiger partial charge in [0, 0.05) is 22.4 Å². The second-order valence-corrected chi connectivity index (χ2v) is 8.50. The predicted molar refractivity (Wildman–Crippen MR) is 122 cm³/mol. The quantitative estimate of drug-likeness (QED) is 0.429. The smallest absolute Gasteiger partial charge is 0.312 e. The lowest BCUT2D eigenvalue weighted by Crippen LogP contribution is -2.30. The molecule has 0 saturated heterocycles. The van der Waals surface area contributed by atoms with Crippen LogP contribution in [0.5, 0.6) is 0 Å². The standard InChI is InChI=1S/C26H26N2O4/c29-25(15-19-13-17-5-1-3-7-23(17)27-19)31-21-9-11-22(12-10-21)32-26(30)16-20-14-18-6-2-4-8-24(18)28-20/h1-8,13-14,21-22,27-28H,9-12,15-16H2. The minimum atomic E-state index is -0.226. The van der Waals surface area contributed by atoms with E-state index in [1.165, 1.54) is 0 Å². The summed E-state index contributed by atoms with van der Waals surface area (Å²) in [6.45, 7) is 0. The van der Waals surface area contributed by atoms with E-state index >= 15 is 0 Å². The highest BCUT2D eigenvalue weighted by Crippen LogP contribution is 2.25. The molecule has 1 saturated carbocycles. The van der Waals surface area contributed by atoms with E-state index in [0.29, 0.717) is 25.7 Å². The normalized spacial score (nSPS) is 18.6. The lowest BCUT2D eigenvalue weighted by Gasteiger charge is -2.28. The summed E-state index contributed by atoms with van der Waals surface area (Å²) in [5.74, 6) is -0.452. The number of para-hydroxylation sites is 2. The first-order chi connectivity index (χ1) is 15.6. The summed E-state index contributed by atoms with van der Waals surface area (Å²) < 4.78 is 11.3. The van der Waals surface area contributed by atoms with Gasteiger partial charge in [-0.2, -0.15) is 0 Å². The molecule has 2 heterocycles. The summed E-state index contributed by atoms with van der Waals surface area (Å²) in [5, 5.41) is 2.18. The first kappa shape index (κ1) is 20.4. The molecule has 0 atom stereocenters. The number of rotatable bonds is 6. The van der Waals surface area contributed by atoms with Gasteiger partial charge in [-0.15, -0.1) is 0 Å². The molecule has 2 N–H and O–H groups in total. The Kier molecular flexibility index (Phi) is 5.67. The van der Waals surface area contributed by atoms with E-state index in [1.807, 2.05) is 60.7 Å². The highest BCUT2D eigenvalue weighted by molar-refractivity contribution is 5.83. The maximum Gasteiger partial charge on any atom is 0.312 e.